The number of hydrogen-bond acceptors (Lipinski definition) is 3. The lowest BCUT2D eigenvalue weighted by Crippen LogP contribution is -2.48. The van der Waals surface area contributed by atoms with E-state index in [-0.39, 0.29) is 0 Å². The fourth-order valence-electron chi connectivity index (χ4n) is 2.42. The van der Waals surface area contributed by atoms with E-state index in [4.69, 9.17) is 13.3 Å². The molecule has 1 aromatic carbocycles. The van der Waals surface area contributed by atoms with Gasteiger partial charge in [-0.05, 0) is 63.8 Å². The first-order valence-corrected chi connectivity index (χ1v) is 9.39. The minimum Gasteiger partial charge on any atom is -0.374 e. The summed E-state index contributed by atoms with van der Waals surface area (Å²) in [5.41, 5.74) is 5.22. The first-order valence-electron chi connectivity index (χ1n) is 7.46. The van der Waals surface area contributed by atoms with Crippen LogP contribution in [0.3, 0.4) is 0 Å². The van der Waals surface area contributed by atoms with E-state index in [1.165, 1.54) is 22.3 Å². The lowest BCUT2D eigenvalue weighted by atomic mass is 10.0. The largest absolute Gasteiger partial charge is 0.505 e. The molecule has 0 bridgehead atoms. The molecule has 0 unspecified atom stereocenters. The molecular formula is C16H28O3Si. The van der Waals surface area contributed by atoms with E-state index in [1.807, 2.05) is 20.8 Å². The van der Waals surface area contributed by atoms with Gasteiger partial charge >= 0.3 is 8.80 Å². The van der Waals surface area contributed by atoms with E-state index in [0.717, 1.165) is 6.04 Å². The summed E-state index contributed by atoms with van der Waals surface area (Å²) in [6.07, 6.45) is 0. The summed E-state index contributed by atoms with van der Waals surface area (Å²) in [6, 6.07) is 5.19. The molecule has 20 heavy (non-hydrogen) atoms. The Labute approximate surface area is 124 Å². The topological polar surface area (TPSA) is 27.7 Å². The minimum absolute atomic E-state index is 0.621. The zero-order chi connectivity index (χ0) is 15.2. The molecule has 3 nitrogen and oxygen atoms in total. The molecule has 0 aliphatic rings. The van der Waals surface area contributed by atoms with Crippen molar-refractivity contribution in [2.75, 3.05) is 19.8 Å². The molecule has 0 saturated carbocycles. The summed E-state index contributed by atoms with van der Waals surface area (Å²) < 4.78 is 17.8. The Balaban J connectivity index is 3.04. The Bertz CT molecular complexity index is 392. The van der Waals surface area contributed by atoms with Crippen LogP contribution in [0.25, 0.3) is 0 Å². The van der Waals surface area contributed by atoms with E-state index in [9.17, 15) is 0 Å². The molecule has 1 rings (SSSR count). The molecular weight excluding hydrogens is 268 g/mol. The van der Waals surface area contributed by atoms with E-state index < -0.39 is 8.80 Å². The van der Waals surface area contributed by atoms with Gasteiger partial charge in [-0.1, -0.05) is 12.1 Å². The van der Waals surface area contributed by atoms with Crippen molar-refractivity contribution in [3.05, 3.63) is 34.4 Å². The predicted octanol–water partition coefficient (Wildman–Crippen LogP) is 3.74. The summed E-state index contributed by atoms with van der Waals surface area (Å²) in [6.45, 7) is 14.3. The number of benzene rings is 1. The smallest absolute Gasteiger partial charge is 0.374 e. The van der Waals surface area contributed by atoms with Gasteiger partial charge in [0.2, 0.25) is 0 Å². The molecule has 0 aliphatic heterocycles. The van der Waals surface area contributed by atoms with Crippen molar-refractivity contribution in [1.29, 1.82) is 0 Å². The first-order chi connectivity index (χ1) is 9.48. The third kappa shape index (κ3) is 4.41. The van der Waals surface area contributed by atoms with Gasteiger partial charge in [-0.2, -0.15) is 0 Å². The van der Waals surface area contributed by atoms with E-state index >= 15 is 0 Å². The van der Waals surface area contributed by atoms with Gasteiger partial charge in [-0.3, -0.25) is 0 Å². The average Bonchev–Trinajstić information content (AvgIpc) is 2.36. The summed E-state index contributed by atoms with van der Waals surface area (Å²) in [5.74, 6) is 0. The Hall–Kier alpha value is -0.683. The van der Waals surface area contributed by atoms with Crippen LogP contribution in [0, 0.1) is 20.8 Å². The molecule has 0 atom stereocenters. The molecule has 1 aromatic rings. The molecule has 0 fully saturated rings. The lowest BCUT2D eigenvalue weighted by molar-refractivity contribution is 0.0704. The van der Waals surface area contributed by atoms with Crippen LogP contribution in [0.15, 0.2) is 12.1 Å². The van der Waals surface area contributed by atoms with Gasteiger partial charge in [-0.25, -0.2) is 0 Å². The third-order valence-corrected chi connectivity index (χ3v) is 6.53. The second-order valence-electron chi connectivity index (χ2n) is 5.01. The van der Waals surface area contributed by atoms with Crippen LogP contribution in [0.2, 0.25) is 0 Å². The first kappa shape index (κ1) is 17.4. The van der Waals surface area contributed by atoms with Gasteiger partial charge in [0.05, 0.1) is 0 Å². The molecule has 0 saturated heterocycles. The molecule has 0 heterocycles. The molecule has 0 N–H and O–H groups in total. The standard InChI is InChI=1S/C16H28O3Si/c1-7-17-20(18-8-2,19-9-3)12-16-10-13(4)15(6)14(5)11-16/h10-11H,7-9,12H2,1-6H3. The third-order valence-electron chi connectivity index (χ3n) is 3.50. The molecule has 0 aliphatic carbocycles. The monoisotopic (exact) mass is 296 g/mol. The summed E-state index contributed by atoms with van der Waals surface area (Å²) >= 11 is 0. The van der Waals surface area contributed by atoms with Gasteiger partial charge in [0.1, 0.15) is 0 Å². The zero-order valence-electron chi connectivity index (χ0n) is 13.7. The quantitative estimate of drug-likeness (QED) is 0.684. The van der Waals surface area contributed by atoms with Crippen LogP contribution >= 0.6 is 0 Å². The number of aryl methyl sites for hydroxylation is 2. The average molecular weight is 296 g/mol. The van der Waals surface area contributed by atoms with Gasteiger partial charge in [0.15, 0.2) is 0 Å². The van der Waals surface area contributed by atoms with Crippen LogP contribution in [0.5, 0.6) is 0 Å². The maximum atomic E-state index is 5.92. The van der Waals surface area contributed by atoms with Gasteiger partial charge < -0.3 is 13.3 Å². The normalized spacial score (nSPS) is 11.9. The fraction of sp³-hybridized carbons (Fsp3) is 0.625. The minimum atomic E-state index is -2.60. The molecule has 0 amide bonds. The molecule has 0 aromatic heterocycles. The van der Waals surface area contributed by atoms with Crippen LogP contribution in [-0.2, 0) is 19.3 Å². The van der Waals surface area contributed by atoms with E-state index in [1.54, 1.807) is 0 Å². The van der Waals surface area contributed by atoms with Crippen molar-refractivity contribution >= 4 is 8.80 Å². The molecule has 0 spiro atoms. The SMILES string of the molecule is CCO[Si](Cc1cc(C)c(C)c(C)c1)(OCC)OCC. The summed E-state index contributed by atoms with van der Waals surface area (Å²) in [4.78, 5) is 0. The fourth-order valence-corrected chi connectivity index (χ4v) is 5.00. The molecule has 114 valence electrons. The highest BCUT2D eigenvalue weighted by Crippen LogP contribution is 2.21. The second kappa shape index (κ2) is 7.93. The summed E-state index contributed by atoms with van der Waals surface area (Å²) in [7, 11) is -2.60. The van der Waals surface area contributed by atoms with Crippen molar-refractivity contribution in [3.63, 3.8) is 0 Å². The van der Waals surface area contributed by atoms with Crippen molar-refractivity contribution in [3.8, 4) is 0 Å². The van der Waals surface area contributed by atoms with Crippen molar-refractivity contribution in [2.24, 2.45) is 0 Å². The van der Waals surface area contributed by atoms with Crippen LogP contribution in [0.1, 0.15) is 43.0 Å². The van der Waals surface area contributed by atoms with Crippen LogP contribution < -0.4 is 0 Å². The second-order valence-corrected chi connectivity index (χ2v) is 7.60. The van der Waals surface area contributed by atoms with Crippen molar-refractivity contribution in [2.45, 2.75) is 47.6 Å². The highest BCUT2D eigenvalue weighted by atomic mass is 28.4. The van der Waals surface area contributed by atoms with Gasteiger partial charge in [-0.15, -0.1) is 0 Å². The Morgan fingerprint density at radius 2 is 1.20 bits per heavy atom. The number of rotatable bonds is 8. The highest BCUT2D eigenvalue weighted by molar-refractivity contribution is 6.60. The lowest BCUT2D eigenvalue weighted by Gasteiger charge is -2.28. The van der Waals surface area contributed by atoms with Gasteiger partial charge in [0, 0.05) is 25.9 Å². The van der Waals surface area contributed by atoms with Crippen molar-refractivity contribution < 1.29 is 13.3 Å². The highest BCUT2D eigenvalue weighted by Gasteiger charge is 2.40. The maximum Gasteiger partial charge on any atom is 0.505 e. The van der Waals surface area contributed by atoms with Gasteiger partial charge in [0.25, 0.3) is 0 Å². The van der Waals surface area contributed by atoms with Crippen LogP contribution in [0.4, 0.5) is 0 Å². The zero-order valence-corrected chi connectivity index (χ0v) is 14.7. The van der Waals surface area contributed by atoms with Crippen LogP contribution in [-0.4, -0.2) is 28.6 Å². The van der Waals surface area contributed by atoms with Crippen molar-refractivity contribution in [1.82, 2.24) is 0 Å². The van der Waals surface area contributed by atoms with E-state index in [0.29, 0.717) is 19.8 Å². The Morgan fingerprint density at radius 3 is 1.55 bits per heavy atom. The maximum absolute atomic E-state index is 5.92. The predicted molar refractivity (Wildman–Crippen MR) is 85.0 cm³/mol. The summed E-state index contributed by atoms with van der Waals surface area (Å²) in [5, 5.41) is 0. The molecule has 0 radical (unpaired) electrons. The number of hydrogen-bond donors (Lipinski definition) is 0. The molecule has 4 heteroatoms. The Kier molecular flexibility index (Phi) is 6.89. The van der Waals surface area contributed by atoms with E-state index in [2.05, 4.69) is 32.9 Å². The Morgan fingerprint density at radius 1 is 0.800 bits per heavy atom.